The summed E-state index contributed by atoms with van der Waals surface area (Å²) in [6.45, 7) is 0.745. The molecule has 72 valence electrons. The van der Waals surface area contributed by atoms with E-state index in [1.54, 1.807) is 6.07 Å². The number of nitrogens with two attached hydrogens (primary N) is 1. The quantitative estimate of drug-likeness (QED) is 0.676. The van der Waals surface area contributed by atoms with Crippen molar-refractivity contribution in [3.63, 3.8) is 0 Å². The minimum absolute atomic E-state index is 0.130. The lowest BCUT2D eigenvalue weighted by Gasteiger charge is -2.01. The molecule has 1 aromatic carbocycles. The number of fused-ring (bicyclic) bond motifs is 3. The van der Waals surface area contributed by atoms with Gasteiger partial charge in [0.2, 0.25) is 0 Å². The normalized spacial score (nSPS) is 20.3. The van der Waals surface area contributed by atoms with Crippen LogP contribution >= 0.6 is 0 Å². The first-order valence-electron chi connectivity index (χ1n) is 4.65. The van der Waals surface area contributed by atoms with Gasteiger partial charge in [-0.15, -0.1) is 0 Å². The second-order valence-electron chi connectivity index (χ2n) is 3.71. The van der Waals surface area contributed by atoms with Crippen LogP contribution in [0.25, 0.3) is 11.0 Å². The van der Waals surface area contributed by atoms with Gasteiger partial charge in [0.15, 0.2) is 5.82 Å². The number of benzene rings is 1. The summed E-state index contributed by atoms with van der Waals surface area (Å²) in [6, 6.07) is 5.15. The molecular weight excluding hydrogens is 181 g/mol. The van der Waals surface area contributed by atoms with Crippen molar-refractivity contribution < 1.29 is 4.39 Å². The van der Waals surface area contributed by atoms with E-state index in [-0.39, 0.29) is 11.9 Å². The van der Waals surface area contributed by atoms with Crippen LogP contribution in [-0.4, -0.2) is 15.6 Å². The third-order valence-electron chi connectivity index (χ3n) is 2.67. The van der Waals surface area contributed by atoms with Gasteiger partial charge in [-0.05, 0) is 12.1 Å². The number of halogens is 1. The molecular formula is C10H10FN3. The molecule has 0 saturated carbocycles. The SMILES string of the molecule is NC1Cc2nc3c(F)cccc3n2C1. The summed E-state index contributed by atoms with van der Waals surface area (Å²) in [5.41, 5.74) is 7.13. The van der Waals surface area contributed by atoms with Gasteiger partial charge >= 0.3 is 0 Å². The number of nitrogens with zero attached hydrogens (tertiary/aromatic N) is 2. The molecule has 1 aliphatic heterocycles. The highest BCUT2D eigenvalue weighted by Crippen LogP contribution is 2.23. The van der Waals surface area contributed by atoms with Crippen molar-refractivity contribution in [3.05, 3.63) is 29.8 Å². The van der Waals surface area contributed by atoms with Crippen molar-refractivity contribution in [1.82, 2.24) is 9.55 Å². The van der Waals surface area contributed by atoms with Crippen molar-refractivity contribution in [1.29, 1.82) is 0 Å². The van der Waals surface area contributed by atoms with E-state index in [1.165, 1.54) is 6.07 Å². The zero-order valence-corrected chi connectivity index (χ0v) is 7.57. The molecule has 1 aliphatic rings. The molecule has 0 radical (unpaired) electrons. The van der Waals surface area contributed by atoms with Crippen LogP contribution in [0.1, 0.15) is 5.82 Å². The molecule has 1 atom stereocenters. The van der Waals surface area contributed by atoms with E-state index in [1.807, 2.05) is 10.6 Å². The van der Waals surface area contributed by atoms with Gasteiger partial charge in [0.1, 0.15) is 11.3 Å². The number of aromatic nitrogens is 2. The zero-order chi connectivity index (χ0) is 9.71. The maximum absolute atomic E-state index is 13.3. The highest BCUT2D eigenvalue weighted by molar-refractivity contribution is 5.77. The molecule has 1 unspecified atom stereocenters. The van der Waals surface area contributed by atoms with Gasteiger partial charge in [-0.3, -0.25) is 0 Å². The van der Waals surface area contributed by atoms with E-state index in [2.05, 4.69) is 4.98 Å². The largest absolute Gasteiger partial charge is 0.326 e. The lowest BCUT2D eigenvalue weighted by atomic mass is 10.2. The molecule has 3 rings (SSSR count). The van der Waals surface area contributed by atoms with Gasteiger partial charge in [-0.2, -0.15) is 0 Å². The minimum atomic E-state index is -0.252. The van der Waals surface area contributed by atoms with E-state index < -0.39 is 0 Å². The summed E-state index contributed by atoms with van der Waals surface area (Å²) in [6.07, 6.45) is 0.744. The Morgan fingerprint density at radius 3 is 3.21 bits per heavy atom. The summed E-state index contributed by atoms with van der Waals surface area (Å²) >= 11 is 0. The van der Waals surface area contributed by atoms with E-state index in [4.69, 9.17) is 5.73 Å². The molecule has 2 aromatic rings. The molecule has 0 saturated heterocycles. The summed E-state index contributed by atoms with van der Waals surface area (Å²) < 4.78 is 15.3. The van der Waals surface area contributed by atoms with Crippen LogP contribution in [0.3, 0.4) is 0 Å². The van der Waals surface area contributed by atoms with Gasteiger partial charge in [-0.25, -0.2) is 9.37 Å². The number of imidazole rings is 1. The predicted molar refractivity (Wildman–Crippen MR) is 51.4 cm³/mol. The summed E-state index contributed by atoms with van der Waals surface area (Å²) in [5, 5.41) is 0. The van der Waals surface area contributed by atoms with E-state index in [0.29, 0.717) is 5.52 Å². The molecule has 14 heavy (non-hydrogen) atoms. The van der Waals surface area contributed by atoms with E-state index >= 15 is 0 Å². The van der Waals surface area contributed by atoms with E-state index in [9.17, 15) is 4.39 Å². The van der Waals surface area contributed by atoms with Crippen molar-refractivity contribution in [3.8, 4) is 0 Å². The van der Waals surface area contributed by atoms with Crippen LogP contribution in [0, 0.1) is 5.82 Å². The van der Waals surface area contributed by atoms with Crippen LogP contribution in [0.4, 0.5) is 4.39 Å². The average molecular weight is 191 g/mol. The van der Waals surface area contributed by atoms with Crippen molar-refractivity contribution >= 4 is 11.0 Å². The number of hydrogen-bond acceptors (Lipinski definition) is 2. The van der Waals surface area contributed by atoms with Crippen LogP contribution in [0.15, 0.2) is 18.2 Å². The molecule has 0 fully saturated rings. The van der Waals surface area contributed by atoms with Gasteiger partial charge in [-0.1, -0.05) is 6.07 Å². The maximum Gasteiger partial charge on any atom is 0.151 e. The summed E-state index contributed by atoms with van der Waals surface area (Å²) in [5.74, 6) is 0.649. The lowest BCUT2D eigenvalue weighted by Crippen LogP contribution is -2.20. The fourth-order valence-electron chi connectivity index (χ4n) is 2.05. The van der Waals surface area contributed by atoms with Gasteiger partial charge in [0.05, 0.1) is 5.52 Å². The van der Waals surface area contributed by atoms with Gasteiger partial charge in [0.25, 0.3) is 0 Å². The van der Waals surface area contributed by atoms with Crippen LogP contribution in [0.2, 0.25) is 0 Å². The van der Waals surface area contributed by atoms with Crippen molar-refractivity contribution in [2.75, 3.05) is 0 Å². The Morgan fingerprint density at radius 1 is 1.50 bits per heavy atom. The van der Waals surface area contributed by atoms with Crippen molar-refractivity contribution in [2.24, 2.45) is 5.73 Å². The molecule has 1 aromatic heterocycles. The monoisotopic (exact) mass is 191 g/mol. The number of hydrogen-bond donors (Lipinski definition) is 1. The standard InChI is InChI=1S/C10H10FN3/c11-7-2-1-3-8-10(7)13-9-4-6(12)5-14(8)9/h1-3,6H,4-5,12H2. The topological polar surface area (TPSA) is 43.8 Å². The molecule has 2 heterocycles. The Morgan fingerprint density at radius 2 is 2.36 bits per heavy atom. The first-order valence-corrected chi connectivity index (χ1v) is 4.65. The third kappa shape index (κ3) is 0.915. The molecule has 2 N–H and O–H groups in total. The molecule has 0 amide bonds. The summed E-state index contributed by atoms with van der Waals surface area (Å²) in [4.78, 5) is 4.25. The highest BCUT2D eigenvalue weighted by Gasteiger charge is 2.22. The van der Waals surface area contributed by atoms with Crippen LogP contribution in [-0.2, 0) is 13.0 Å². The third-order valence-corrected chi connectivity index (χ3v) is 2.67. The fraction of sp³-hybridized carbons (Fsp3) is 0.300. The Balaban J connectivity index is 2.33. The van der Waals surface area contributed by atoms with Gasteiger partial charge < -0.3 is 10.3 Å². The number of para-hydroxylation sites is 1. The number of rotatable bonds is 0. The Bertz CT molecular complexity index is 503. The Hall–Kier alpha value is -1.42. The average Bonchev–Trinajstić information content (AvgIpc) is 2.63. The molecule has 0 aliphatic carbocycles. The minimum Gasteiger partial charge on any atom is -0.326 e. The summed E-state index contributed by atoms with van der Waals surface area (Å²) in [7, 11) is 0. The fourth-order valence-corrected chi connectivity index (χ4v) is 2.05. The smallest absolute Gasteiger partial charge is 0.151 e. The highest BCUT2D eigenvalue weighted by atomic mass is 19.1. The molecule has 4 heteroatoms. The Kier molecular flexibility index (Phi) is 1.44. The first-order chi connectivity index (χ1) is 6.75. The van der Waals surface area contributed by atoms with Crippen LogP contribution < -0.4 is 5.73 Å². The second-order valence-corrected chi connectivity index (χ2v) is 3.71. The lowest BCUT2D eigenvalue weighted by molar-refractivity contribution is 0.632. The molecule has 3 nitrogen and oxygen atoms in total. The molecule has 0 spiro atoms. The molecule has 0 bridgehead atoms. The van der Waals surface area contributed by atoms with Crippen LogP contribution in [0.5, 0.6) is 0 Å². The second kappa shape index (κ2) is 2.54. The first kappa shape index (κ1) is 7.94. The zero-order valence-electron chi connectivity index (χ0n) is 7.57. The maximum atomic E-state index is 13.3. The predicted octanol–water partition coefficient (Wildman–Crippen LogP) is 1.06. The Labute approximate surface area is 80.3 Å². The van der Waals surface area contributed by atoms with Gasteiger partial charge in [0, 0.05) is 19.0 Å². The van der Waals surface area contributed by atoms with E-state index in [0.717, 1.165) is 24.3 Å². The van der Waals surface area contributed by atoms with Crippen molar-refractivity contribution in [2.45, 2.75) is 19.0 Å².